The maximum atomic E-state index is 13.6. The van der Waals surface area contributed by atoms with Gasteiger partial charge in [-0.15, -0.1) is 16.9 Å². The number of rotatable bonds is 6. The molecule has 176 valence electrons. The minimum Gasteiger partial charge on any atom is -0.394 e. The fourth-order valence-corrected chi connectivity index (χ4v) is 5.00. The number of benzene rings is 2. The number of aliphatic hydroxyl groups is 3. The summed E-state index contributed by atoms with van der Waals surface area (Å²) in [7, 11) is 0. The van der Waals surface area contributed by atoms with Crippen molar-refractivity contribution in [2.24, 2.45) is 0 Å². The molecule has 3 N–H and O–H groups in total. The van der Waals surface area contributed by atoms with Gasteiger partial charge in [-0.2, -0.15) is 0 Å². The molecule has 1 aliphatic rings. The maximum absolute atomic E-state index is 13.6. The summed E-state index contributed by atoms with van der Waals surface area (Å²) in [4.78, 5) is 0. The van der Waals surface area contributed by atoms with Crippen molar-refractivity contribution in [1.29, 1.82) is 0 Å². The van der Waals surface area contributed by atoms with Gasteiger partial charge in [-0.1, -0.05) is 35.5 Å². The summed E-state index contributed by atoms with van der Waals surface area (Å²) in [5.41, 5.74) is 0.140. The molecule has 1 aliphatic heterocycles. The van der Waals surface area contributed by atoms with Crippen molar-refractivity contribution in [3.63, 3.8) is 0 Å². The number of ether oxygens (including phenoxy) is 1. The Kier molecular flexibility index (Phi) is 7.05. The second-order valence-corrected chi connectivity index (χ2v) is 9.17. The lowest BCUT2D eigenvalue weighted by atomic mass is 9.97. The van der Waals surface area contributed by atoms with Gasteiger partial charge in [0.2, 0.25) is 0 Å². The van der Waals surface area contributed by atoms with Crippen LogP contribution in [0.25, 0.3) is 11.3 Å². The topological polar surface area (TPSA) is 101 Å². The van der Waals surface area contributed by atoms with Crippen LogP contribution in [0.4, 0.5) is 13.2 Å². The monoisotopic (exact) mass is 481 g/mol. The number of aliphatic hydroxyl groups excluding tert-OH is 3. The van der Waals surface area contributed by atoms with E-state index in [0.717, 1.165) is 22.4 Å². The third-order valence-corrected chi connectivity index (χ3v) is 6.89. The first-order valence-electron chi connectivity index (χ1n) is 10.2. The van der Waals surface area contributed by atoms with Crippen LogP contribution < -0.4 is 0 Å². The smallest absolute Gasteiger partial charge is 0.194 e. The normalized spacial score (nSPS) is 26.3. The quantitative estimate of drug-likeness (QED) is 0.466. The van der Waals surface area contributed by atoms with E-state index in [-0.39, 0.29) is 16.5 Å². The van der Waals surface area contributed by atoms with E-state index in [9.17, 15) is 28.5 Å². The van der Waals surface area contributed by atoms with E-state index >= 15 is 0 Å². The predicted molar refractivity (Wildman–Crippen MR) is 115 cm³/mol. The van der Waals surface area contributed by atoms with Crippen molar-refractivity contribution < 1.29 is 33.2 Å². The van der Waals surface area contributed by atoms with Crippen LogP contribution in [0.15, 0.2) is 48.7 Å². The Bertz CT molecular complexity index is 1080. The summed E-state index contributed by atoms with van der Waals surface area (Å²) in [6.07, 6.45) is -2.32. The molecule has 1 aromatic heterocycles. The molecule has 1 unspecified atom stereocenters. The van der Waals surface area contributed by atoms with Crippen molar-refractivity contribution in [3.8, 4) is 11.3 Å². The zero-order valence-electron chi connectivity index (χ0n) is 17.4. The minimum absolute atomic E-state index is 0.0149. The van der Waals surface area contributed by atoms with E-state index < -0.39 is 53.8 Å². The zero-order valence-corrected chi connectivity index (χ0v) is 18.2. The molecule has 7 nitrogen and oxygen atoms in total. The van der Waals surface area contributed by atoms with E-state index in [1.165, 1.54) is 18.0 Å². The van der Waals surface area contributed by atoms with Crippen molar-refractivity contribution in [3.05, 3.63) is 71.7 Å². The molecular weight excluding hydrogens is 459 g/mol. The van der Waals surface area contributed by atoms with Gasteiger partial charge in [0, 0.05) is 10.8 Å². The summed E-state index contributed by atoms with van der Waals surface area (Å²) >= 11 is 1.31. The third-order valence-electron chi connectivity index (χ3n) is 5.55. The molecular formula is C22H22F3N3O4S. The highest BCUT2D eigenvalue weighted by Gasteiger charge is 2.46. The Morgan fingerprint density at radius 2 is 1.76 bits per heavy atom. The van der Waals surface area contributed by atoms with E-state index in [4.69, 9.17) is 4.74 Å². The fourth-order valence-electron chi connectivity index (χ4n) is 3.75. The van der Waals surface area contributed by atoms with Crippen molar-refractivity contribution >= 4 is 11.8 Å². The fraction of sp³-hybridized carbons (Fsp3) is 0.364. The Morgan fingerprint density at radius 3 is 2.39 bits per heavy atom. The van der Waals surface area contributed by atoms with Crippen molar-refractivity contribution in [2.45, 2.75) is 42.0 Å². The minimum atomic E-state index is -1.60. The van der Waals surface area contributed by atoms with Crippen molar-refractivity contribution in [2.75, 3.05) is 6.61 Å². The van der Waals surface area contributed by atoms with Gasteiger partial charge in [-0.05, 0) is 24.6 Å². The van der Waals surface area contributed by atoms with Gasteiger partial charge in [0.25, 0.3) is 0 Å². The van der Waals surface area contributed by atoms with Gasteiger partial charge in [0.05, 0.1) is 12.8 Å². The summed E-state index contributed by atoms with van der Waals surface area (Å²) in [6.45, 7) is 1.44. The second-order valence-electron chi connectivity index (χ2n) is 7.72. The maximum Gasteiger partial charge on any atom is 0.194 e. The van der Waals surface area contributed by atoms with E-state index in [1.807, 2.05) is 37.3 Å². The summed E-state index contributed by atoms with van der Waals surface area (Å²) in [5, 5.41) is 39.1. The number of hydrogen-bond donors (Lipinski definition) is 3. The number of nitrogens with zero attached hydrogens (tertiary/aromatic N) is 3. The summed E-state index contributed by atoms with van der Waals surface area (Å²) < 4.78 is 47.4. The molecule has 0 aliphatic carbocycles. The van der Waals surface area contributed by atoms with Gasteiger partial charge in [0.1, 0.15) is 35.5 Å². The Labute approximate surface area is 191 Å². The SMILES string of the molecule is CC(S[C@@H]1O[C@H](CO)[C@H](O)[C@H](n2cc(-c3cc(F)c(F)c(F)c3)nn2)[C@H]1O)c1ccccc1. The molecule has 1 saturated heterocycles. The average molecular weight is 481 g/mol. The molecule has 11 heteroatoms. The lowest BCUT2D eigenvalue weighted by Gasteiger charge is -2.42. The molecule has 0 spiro atoms. The standard InChI is InChI=1S/C22H22F3N3O4S/c1-11(12-5-3-2-4-6-12)33-22-21(31)19(20(30)17(10-29)32-22)28-9-16(26-27-28)13-7-14(23)18(25)15(24)8-13/h2-9,11,17,19-22,29-31H,10H2,1H3/t11?,17-,19+,20+,21-,22+/m1/s1. The van der Waals surface area contributed by atoms with Crippen LogP contribution >= 0.6 is 11.8 Å². The molecule has 0 saturated carbocycles. The molecule has 0 bridgehead atoms. The predicted octanol–water partition coefficient (Wildman–Crippen LogP) is 2.84. The highest BCUT2D eigenvalue weighted by atomic mass is 32.2. The molecule has 3 aromatic rings. The zero-order chi connectivity index (χ0) is 23.7. The van der Waals surface area contributed by atoms with Crippen LogP contribution in [0.5, 0.6) is 0 Å². The Hall–Kier alpha value is -2.44. The molecule has 2 heterocycles. The van der Waals surface area contributed by atoms with E-state index in [0.29, 0.717) is 0 Å². The van der Waals surface area contributed by atoms with Gasteiger partial charge in [0.15, 0.2) is 17.5 Å². The Balaban J connectivity index is 1.60. The number of aromatic nitrogens is 3. The Morgan fingerprint density at radius 1 is 1.09 bits per heavy atom. The summed E-state index contributed by atoms with van der Waals surface area (Å²) in [5.74, 6) is -4.35. The third kappa shape index (κ3) is 4.78. The van der Waals surface area contributed by atoms with Crippen LogP contribution in [-0.2, 0) is 4.74 Å². The summed E-state index contributed by atoms with van der Waals surface area (Å²) in [6, 6.07) is 10.0. The average Bonchev–Trinajstić information content (AvgIpc) is 3.29. The first-order valence-corrected chi connectivity index (χ1v) is 11.1. The molecule has 1 fully saturated rings. The molecule has 0 radical (unpaired) electrons. The van der Waals surface area contributed by atoms with Gasteiger partial charge >= 0.3 is 0 Å². The van der Waals surface area contributed by atoms with Gasteiger partial charge < -0.3 is 20.1 Å². The van der Waals surface area contributed by atoms with Crippen LogP contribution in [0, 0.1) is 17.5 Å². The number of hydrogen-bond acceptors (Lipinski definition) is 7. The lowest BCUT2D eigenvalue weighted by molar-refractivity contribution is -0.178. The van der Waals surface area contributed by atoms with Crippen LogP contribution in [0.2, 0.25) is 0 Å². The van der Waals surface area contributed by atoms with Crippen LogP contribution in [-0.4, -0.2) is 60.7 Å². The highest BCUT2D eigenvalue weighted by molar-refractivity contribution is 8.00. The van der Waals surface area contributed by atoms with Crippen LogP contribution in [0.3, 0.4) is 0 Å². The molecule has 4 rings (SSSR count). The van der Waals surface area contributed by atoms with E-state index in [2.05, 4.69) is 10.3 Å². The van der Waals surface area contributed by atoms with E-state index in [1.54, 1.807) is 0 Å². The largest absolute Gasteiger partial charge is 0.394 e. The molecule has 2 aromatic carbocycles. The van der Waals surface area contributed by atoms with Gasteiger partial charge in [-0.25, -0.2) is 17.9 Å². The number of halogens is 3. The number of thioether (sulfide) groups is 1. The lowest BCUT2D eigenvalue weighted by Crippen LogP contribution is -2.55. The van der Waals surface area contributed by atoms with Crippen LogP contribution in [0.1, 0.15) is 23.8 Å². The van der Waals surface area contributed by atoms with Crippen molar-refractivity contribution in [1.82, 2.24) is 15.0 Å². The molecule has 33 heavy (non-hydrogen) atoms. The molecule has 0 amide bonds. The highest BCUT2D eigenvalue weighted by Crippen LogP contribution is 2.41. The first kappa shape index (κ1) is 23.7. The first-order chi connectivity index (χ1) is 15.8. The van der Waals surface area contributed by atoms with Gasteiger partial charge in [-0.3, -0.25) is 0 Å². The second kappa shape index (κ2) is 9.82. The molecule has 6 atom stereocenters.